The zero-order valence-corrected chi connectivity index (χ0v) is 17.1. The van der Waals surface area contributed by atoms with Crippen molar-refractivity contribution in [3.05, 3.63) is 24.0 Å². The molecule has 0 radical (unpaired) electrons. The van der Waals surface area contributed by atoms with Crippen molar-refractivity contribution in [2.45, 2.75) is 38.5 Å². The van der Waals surface area contributed by atoms with Crippen molar-refractivity contribution < 1.29 is 13.9 Å². The molecule has 1 amide bonds. The van der Waals surface area contributed by atoms with Crippen LogP contribution < -0.4 is 10.6 Å². The number of ether oxygens (including phenoxy) is 1. The van der Waals surface area contributed by atoms with E-state index in [1.807, 2.05) is 0 Å². The number of hydrogen-bond donors (Lipinski definition) is 2. The smallest absolute Gasteiger partial charge is 0.230 e. The molecule has 5 nitrogen and oxygen atoms in total. The zero-order valence-electron chi connectivity index (χ0n) is 17.1. The number of anilines is 2. The lowest BCUT2D eigenvalue weighted by Gasteiger charge is -2.55. The maximum absolute atomic E-state index is 13.9. The highest BCUT2D eigenvalue weighted by Gasteiger charge is 2.54. The molecule has 4 aliphatic carbocycles. The Morgan fingerprint density at radius 3 is 2.38 bits per heavy atom. The molecule has 158 valence electrons. The fraction of sp³-hybridized carbons (Fsp3) is 0.696. The fourth-order valence-corrected chi connectivity index (χ4v) is 6.59. The molecular formula is C23H32FN3O2. The van der Waals surface area contributed by atoms with E-state index in [2.05, 4.69) is 15.5 Å². The number of carbonyl (C=O) groups is 1. The van der Waals surface area contributed by atoms with E-state index >= 15 is 0 Å². The van der Waals surface area contributed by atoms with Gasteiger partial charge in [0.15, 0.2) is 0 Å². The van der Waals surface area contributed by atoms with Crippen LogP contribution in [0.2, 0.25) is 0 Å². The predicted octanol–water partition coefficient (Wildman–Crippen LogP) is 3.72. The van der Waals surface area contributed by atoms with Gasteiger partial charge < -0.3 is 15.4 Å². The van der Waals surface area contributed by atoms with Gasteiger partial charge in [0.05, 0.1) is 30.0 Å². The van der Waals surface area contributed by atoms with Crippen molar-refractivity contribution in [1.82, 2.24) is 4.90 Å². The minimum atomic E-state index is -0.285. The summed E-state index contributed by atoms with van der Waals surface area (Å²) in [6.07, 6.45) is 7.05. The third-order valence-corrected chi connectivity index (χ3v) is 7.60. The maximum atomic E-state index is 13.9. The third-order valence-electron chi connectivity index (χ3n) is 7.60. The Morgan fingerprint density at radius 1 is 1.07 bits per heavy atom. The highest BCUT2D eigenvalue weighted by molar-refractivity contribution is 5.98. The molecule has 29 heavy (non-hydrogen) atoms. The first kappa shape index (κ1) is 19.3. The topological polar surface area (TPSA) is 53.6 Å². The van der Waals surface area contributed by atoms with Crippen molar-refractivity contribution in [3.8, 4) is 0 Å². The average molecular weight is 402 g/mol. The predicted molar refractivity (Wildman–Crippen MR) is 111 cm³/mol. The molecule has 1 heterocycles. The quantitative estimate of drug-likeness (QED) is 0.763. The monoisotopic (exact) mass is 401 g/mol. The van der Waals surface area contributed by atoms with Crippen molar-refractivity contribution in [2.24, 2.45) is 23.2 Å². The molecule has 0 atom stereocenters. The summed E-state index contributed by atoms with van der Waals surface area (Å²) in [7, 11) is 0. The molecule has 5 aliphatic rings. The summed E-state index contributed by atoms with van der Waals surface area (Å²) in [6.45, 7) is 4.99. The van der Waals surface area contributed by atoms with Gasteiger partial charge in [-0.3, -0.25) is 9.69 Å². The standard InChI is InChI=1S/C23H32FN3O2/c24-19-1-2-20(21(12-19)25-3-4-27-5-7-29-8-6-27)26-22(28)23-13-16-9-17(14-23)11-18(10-16)15-23/h1-2,12,16-18,25H,3-11,13-15H2,(H,26,28). The number of amides is 1. The van der Waals surface area contributed by atoms with Crippen LogP contribution in [-0.4, -0.2) is 50.2 Å². The molecule has 6 heteroatoms. The second-order valence-corrected chi connectivity index (χ2v) is 9.72. The number of hydrogen-bond acceptors (Lipinski definition) is 4. The number of carbonyl (C=O) groups excluding carboxylic acids is 1. The zero-order chi connectivity index (χ0) is 19.8. The molecule has 1 saturated heterocycles. The minimum absolute atomic E-state index is 0.152. The Bertz CT molecular complexity index is 727. The van der Waals surface area contributed by atoms with Gasteiger partial charge in [-0.1, -0.05) is 0 Å². The highest BCUT2D eigenvalue weighted by atomic mass is 19.1. The van der Waals surface area contributed by atoms with E-state index in [1.165, 1.54) is 31.4 Å². The molecule has 1 aliphatic heterocycles. The third kappa shape index (κ3) is 4.02. The normalized spacial score (nSPS) is 33.6. The van der Waals surface area contributed by atoms with Gasteiger partial charge in [0.25, 0.3) is 0 Å². The number of halogens is 1. The Hall–Kier alpha value is -1.66. The van der Waals surface area contributed by atoms with Gasteiger partial charge >= 0.3 is 0 Å². The lowest BCUT2D eigenvalue weighted by atomic mass is 9.49. The van der Waals surface area contributed by atoms with Gasteiger partial charge in [0.2, 0.25) is 5.91 Å². The van der Waals surface area contributed by atoms with Crippen molar-refractivity contribution >= 4 is 17.3 Å². The lowest BCUT2D eigenvalue weighted by Crippen LogP contribution is -2.51. The van der Waals surface area contributed by atoms with E-state index < -0.39 is 0 Å². The molecule has 4 bridgehead atoms. The molecule has 0 spiro atoms. The molecule has 0 aromatic heterocycles. The molecule has 6 rings (SSSR count). The van der Waals surface area contributed by atoms with E-state index in [9.17, 15) is 9.18 Å². The summed E-state index contributed by atoms with van der Waals surface area (Å²) in [5.41, 5.74) is 1.18. The first-order valence-corrected chi connectivity index (χ1v) is 11.2. The van der Waals surface area contributed by atoms with Crippen LogP contribution in [0.3, 0.4) is 0 Å². The Labute approximate surface area is 172 Å². The SMILES string of the molecule is O=C(Nc1ccc(F)cc1NCCN1CCOCC1)C12CC3CC(CC(C3)C1)C2. The molecule has 5 fully saturated rings. The number of nitrogens with one attached hydrogen (secondary N) is 2. The second-order valence-electron chi connectivity index (χ2n) is 9.72. The van der Waals surface area contributed by atoms with Crippen molar-refractivity contribution in [3.63, 3.8) is 0 Å². The second kappa shape index (κ2) is 7.88. The van der Waals surface area contributed by atoms with Gasteiger partial charge in [0.1, 0.15) is 5.82 Å². The molecule has 0 unspecified atom stereocenters. The maximum Gasteiger partial charge on any atom is 0.230 e. The highest BCUT2D eigenvalue weighted by Crippen LogP contribution is 2.60. The van der Waals surface area contributed by atoms with Crippen LogP contribution in [0.5, 0.6) is 0 Å². The Balaban J connectivity index is 1.25. The first-order chi connectivity index (χ1) is 14.1. The summed E-state index contributed by atoms with van der Waals surface area (Å²) in [5, 5.41) is 6.52. The van der Waals surface area contributed by atoms with Gasteiger partial charge in [-0.15, -0.1) is 0 Å². The summed E-state index contributed by atoms with van der Waals surface area (Å²) in [6, 6.07) is 4.63. The van der Waals surface area contributed by atoms with E-state index in [-0.39, 0.29) is 17.1 Å². The van der Waals surface area contributed by atoms with Gasteiger partial charge in [-0.25, -0.2) is 4.39 Å². The number of morpholine rings is 1. The van der Waals surface area contributed by atoms with Crippen LogP contribution in [0.25, 0.3) is 0 Å². The number of rotatable bonds is 6. The van der Waals surface area contributed by atoms with Crippen LogP contribution in [0.1, 0.15) is 38.5 Å². The molecule has 1 aromatic carbocycles. The lowest BCUT2D eigenvalue weighted by molar-refractivity contribution is -0.140. The average Bonchev–Trinajstić information content (AvgIpc) is 2.70. The Kier molecular flexibility index (Phi) is 5.25. The largest absolute Gasteiger partial charge is 0.382 e. The van der Waals surface area contributed by atoms with Gasteiger partial charge in [-0.05, 0) is 74.5 Å². The number of nitrogens with zero attached hydrogens (tertiary/aromatic N) is 1. The van der Waals surface area contributed by atoms with Gasteiger partial charge in [-0.2, -0.15) is 0 Å². The van der Waals surface area contributed by atoms with E-state index in [1.54, 1.807) is 6.07 Å². The molecular weight excluding hydrogens is 369 g/mol. The fourth-order valence-electron chi connectivity index (χ4n) is 6.59. The molecule has 2 N–H and O–H groups in total. The van der Waals surface area contributed by atoms with Crippen LogP contribution in [0.4, 0.5) is 15.8 Å². The first-order valence-electron chi connectivity index (χ1n) is 11.2. The minimum Gasteiger partial charge on any atom is -0.382 e. The number of benzene rings is 1. The molecule has 1 aromatic rings. The van der Waals surface area contributed by atoms with E-state index in [0.717, 1.165) is 69.9 Å². The molecule has 4 saturated carbocycles. The van der Waals surface area contributed by atoms with Crippen LogP contribution in [0.15, 0.2) is 18.2 Å². The summed E-state index contributed by atoms with van der Waals surface area (Å²) >= 11 is 0. The van der Waals surface area contributed by atoms with Crippen molar-refractivity contribution in [2.75, 3.05) is 50.0 Å². The van der Waals surface area contributed by atoms with Crippen LogP contribution in [0, 0.1) is 29.0 Å². The summed E-state index contributed by atoms with van der Waals surface area (Å²) < 4.78 is 19.3. The van der Waals surface area contributed by atoms with Crippen LogP contribution in [-0.2, 0) is 9.53 Å². The van der Waals surface area contributed by atoms with Crippen LogP contribution >= 0.6 is 0 Å². The van der Waals surface area contributed by atoms with Gasteiger partial charge in [0, 0.05) is 26.2 Å². The summed E-state index contributed by atoms with van der Waals surface area (Å²) in [5.74, 6) is 2.05. The van der Waals surface area contributed by atoms with E-state index in [4.69, 9.17) is 4.74 Å². The van der Waals surface area contributed by atoms with Crippen molar-refractivity contribution in [1.29, 1.82) is 0 Å². The van der Waals surface area contributed by atoms with E-state index in [0.29, 0.717) is 17.9 Å². The Morgan fingerprint density at radius 2 is 1.72 bits per heavy atom. The summed E-state index contributed by atoms with van der Waals surface area (Å²) in [4.78, 5) is 15.7.